The van der Waals surface area contributed by atoms with Crippen LogP contribution < -0.4 is 0 Å². The molecule has 0 atom stereocenters. The number of hydrogen-bond acceptors (Lipinski definition) is 4. The summed E-state index contributed by atoms with van der Waals surface area (Å²) in [6, 6.07) is 1.56. The minimum atomic E-state index is -0.474. The highest BCUT2D eigenvalue weighted by atomic mass is 16.6. The number of rotatable bonds is 1. The molecular weight excluding hydrogens is 232 g/mol. The van der Waals surface area contributed by atoms with Crippen LogP contribution in [0.2, 0.25) is 0 Å². The van der Waals surface area contributed by atoms with Crippen LogP contribution in [-0.4, -0.2) is 39.8 Å². The van der Waals surface area contributed by atoms with Gasteiger partial charge in [0.25, 0.3) is 0 Å². The SMILES string of the molecule is CC(C)(C)OC(=O)N1CC(c2cnccc2O)C1. The maximum absolute atomic E-state index is 11.7. The molecule has 5 heteroatoms. The summed E-state index contributed by atoms with van der Waals surface area (Å²) in [5, 5.41) is 9.68. The van der Waals surface area contributed by atoms with Gasteiger partial charge in [-0.15, -0.1) is 0 Å². The number of ether oxygens (including phenoxy) is 1. The van der Waals surface area contributed by atoms with Gasteiger partial charge in [-0.1, -0.05) is 0 Å². The maximum atomic E-state index is 11.7. The molecule has 1 fully saturated rings. The highest BCUT2D eigenvalue weighted by Gasteiger charge is 2.35. The normalized spacial score (nSPS) is 16.3. The lowest BCUT2D eigenvalue weighted by Gasteiger charge is -2.39. The second-order valence-electron chi connectivity index (χ2n) is 5.52. The maximum Gasteiger partial charge on any atom is 0.410 e. The molecule has 0 spiro atoms. The first kappa shape index (κ1) is 12.7. The largest absolute Gasteiger partial charge is 0.508 e. The molecule has 1 aromatic rings. The van der Waals surface area contributed by atoms with Gasteiger partial charge in [-0.3, -0.25) is 4.98 Å². The van der Waals surface area contributed by atoms with E-state index in [1.807, 2.05) is 20.8 Å². The van der Waals surface area contributed by atoms with Gasteiger partial charge >= 0.3 is 6.09 Å². The molecule has 0 radical (unpaired) electrons. The van der Waals surface area contributed by atoms with Gasteiger partial charge in [0.15, 0.2) is 0 Å². The molecule has 5 nitrogen and oxygen atoms in total. The topological polar surface area (TPSA) is 62.7 Å². The second-order valence-corrected chi connectivity index (χ2v) is 5.52. The molecule has 1 amide bonds. The average Bonchev–Trinajstić information content (AvgIpc) is 2.15. The Labute approximate surface area is 106 Å². The summed E-state index contributed by atoms with van der Waals surface area (Å²) in [5.41, 5.74) is 0.316. The first-order valence-electron chi connectivity index (χ1n) is 5.97. The number of nitrogens with zero attached hydrogens (tertiary/aromatic N) is 2. The van der Waals surface area contributed by atoms with Gasteiger partial charge in [-0.2, -0.15) is 0 Å². The van der Waals surface area contributed by atoms with Crippen LogP contribution in [0.1, 0.15) is 32.3 Å². The molecule has 1 N–H and O–H groups in total. The number of carbonyl (C=O) groups is 1. The van der Waals surface area contributed by atoms with E-state index in [1.54, 1.807) is 23.4 Å². The molecule has 98 valence electrons. The lowest BCUT2D eigenvalue weighted by atomic mass is 9.92. The van der Waals surface area contributed by atoms with Crippen LogP contribution in [0, 0.1) is 0 Å². The Balaban J connectivity index is 1.91. The fraction of sp³-hybridized carbons (Fsp3) is 0.538. The molecule has 1 aliphatic heterocycles. The Kier molecular flexibility index (Phi) is 3.15. The molecule has 0 aromatic carbocycles. The van der Waals surface area contributed by atoms with Crippen LogP contribution in [0.15, 0.2) is 18.5 Å². The summed E-state index contributed by atoms with van der Waals surface area (Å²) in [5.74, 6) is 0.380. The van der Waals surface area contributed by atoms with Crippen molar-refractivity contribution in [3.8, 4) is 5.75 Å². The summed E-state index contributed by atoms with van der Waals surface area (Å²) in [6.07, 6.45) is 2.89. The lowest BCUT2D eigenvalue weighted by molar-refractivity contribution is 0.00796. The van der Waals surface area contributed by atoms with Crippen LogP contribution >= 0.6 is 0 Å². The molecular formula is C13H18N2O3. The Hall–Kier alpha value is -1.78. The molecule has 0 unspecified atom stereocenters. The van der Waals surface area contributed by atoms with E-state index in [2.05, 4.69) is 4.98 Å². The van der Waals surface area contributed by atoms with Gasteiger partial charge in [0, 0.05) is 37.0 Å². The first-order chi connectivity index (χ1) is 8.37. The molecule has 0 saturated carbocycles. The summed E-state index contributed by atoms with van der Waals surface area (Å²) in [6.45, 7) is 6.65. The highest BCUT2D eigenvalue weighted by molar-refractivity contribution is 5.69. The molecule has 1 saturated heterocycles. The van der Waals surface area contributed by atoms with Crippen molar-refractivity contribution in [1.82, 2.24) is 9.88 Å². The van der Waals surface area contributed by atoms with Gasteiger partial charge in [-0.25, -0.2) is 4.79 Å². The highest BCUT2D eigenvalue weighted by Crippen LogP contribution is 2.32. The summed E-state index contributed by atoms with van der Waals surface area (Å²) in [4.78, 5) is 17.3. The fourth-order valence-corrected chi connectivity index (χ4v) is 1.86. The third-order valence-corrected chi connectivity index (χ3v) is 2.80. The Morgan fingerprint density at radius 1 is 1.50 bits per heavy atom. The zero-order valence-electron chi connectivity index (χ0n) is 10.9. The van der Waals surface area contributed by atoms with Gasteiger partial charge in [-0.05, 0) is 26.8 Å². The monoisotopic (exact) mass is 250 g/mol. The number of amides is 1. The van der Waals surface area contributed by atoms with E-state index in [-0.39, 0.29) is 17.8 Å². The van der Waals surface area contributed by atoms with Crippen molar-refractivity contribution in [1.29, 1.82) is 0 Å². The van der Waals surface area contributed by atoms with Crippen molar-refractivity contribution in [3.63, 3.8) is 0 Å². The Morgan fingerprint density at radius 2 is 2.17 bits per heavy atom. The van der Waals surface area contributed by atoms with Crippen molar-refractivity contribution >= 4 is 6.09 Å². The van der Waals surface area contributed by atoms with Crippen molar-refractivity contribution in [2.45, 2.75) is 32.3 Å². The van der Waals surface area contributed by atoms with Crippen molar-refractivity contribution in [3.05, 3.63) is 24.0 Å². The van der Waals surface area contributed by atoms with Crippen molar-refractivity contribution < 1.29 is 14.6 Å². The fourth-order valence-electron chi connectivity index (χ4n) is 1.86. The molecule has 0 bridgehead atoms. The van der Waals surface area contributed by atoms with E-state index in [1.165, 1.54) is 0 Å². The van der Waals surface area contributed by atoms with E-state index < -0.39 is 5.60 Å². The predicted octanol–water partition coefficient (Wildman–Crippen LogP) is 2.12. The third kappa shape index (κ3) is 2.72. The standard InChI is InChI=1S/C13H18N2O3/c1-13(2,3)18-12(17)15-7-9(8-15)10-6-14-5-4-11(10)16/h4-6,9H,7-8H2,1-3H3,(H,14,16). The van der Waals surface area contributed by atoms with Crippen LogP contribution in [0.4, 0.5) is 4.79 Å². The minimum absolute atomic E-state index is 0.145. The number of hydrogen-bond donors (Lipinski definition) is 1. The van der Waals surface area contributed by atoms with E-state index in [4.69, 9.17) is 4.74 Å². The van der Waals surface area contributed by atoms with Crippen molar-refractivity contribution in [2.75, 3.05) is 13.1 Å². The number of aromatic hydroxyl groups is 1. The van der Waals surface area contributed by atoms with E-state index in [9.17, 15) is 9.90 Å². The third-order valence-electron chi connectivity index (χ3n) is 2.80. The number of aromatic nitrogens is 1. The van der Waals surface area contributed by atoms with Crippen LogP contribution in [-0.2, 0) is 4.74 Å². The summed E-state index contributed by atoms with van der Waals surface area (Å²) < 4.78 is 5.26. The minimum Gasteiger partial charge on any atom is -0.508 e. The molecule has 0 aliphatic carbocycles. The Morgan fingerprint density at radius 3 is 2.72 bits per heavy atom. The van der Waals surface area contributed by atoms with Crippen LogP contribution in [0.25, 0.3) is 0 Å². The molecule has 1 aliphatic rings. The van der Waals surface area contributed by atoms with E-state index >= 15 is 0 Å². The predicted molar refractivity (Wildman–Crippen MR) is 66.4 cm³/mol. The van der Waals surface area contributed by atoms with Gasteiger partial charge in [0.1, 0.15) is 11.4 Å². The van der Waals surface area contributed by atoms with Gasteiger partial charge < -0.3 is 14.7 Å². The molecule has 2 rings (SSSR count). The van der Waals surface area contributed by atoms with Gasteiger partial charge in [0.05, 0.1) is 0 Å². The first-order valence-corrected chi connectivity index (χ1v) is 5.97. The summed E-state index contributed by atoms with van der Waals surface area (Å²) >= 11 is 0. The van der Waals surface area contributed by atoms with Gasteiger partial charge in [0.2, 0.25) is 0 Å². The Bertz CT molecular complexity index is 448. The zero-order valence-corrected chi connectivity index (χ0v) is 10.9. The number of pyridine rings is 1. The van der Waals surface area contributed by atoms with Crippen LogP contribution in [0.3, 0.4) is 0 Å². The molecule has 1 aromatic heterocycles. The van der Waals surface area contributed by atoms with Crippen molar-refractivity contribution in [2.24, 2.45) is 0 Å². The zero-order chi connectivity index (χ0) is 13.3. The quantitative estimate of drug-likeness (QED) is 0.829. The number of carbonyl (C=O) groups excluding carboxylic acids is 1. The average molecular weight is 250 g/mol. The van der Waals surface area contributed by atoms with E-state index in [0.717, 1.165) is 5.56 Å². The number of likely N-dealkylation sites (tertiary alicyclic amines) is 1. The lowest BCUT2D eigenvalue weighted by Crippen LogP contribution is -2.50. The molecule has 2 heterocycles. The van der Waals surface area contributed by atoms with Crippen LogP contribution in [0.5, 0.6) is 5.75 Å². The second kappa shape index (κ2) is 4.48. The van der Waals surface area contributed by atoms with E-state index in [0.29, 0.717) is 13.1 Å². The smallest absolute Gasteiger partial charge is 0.410 e. The summed E-state index contributed by atoms with van der Waals surface area (Å²) in [7, 11) is 0. The molecule has 18 heavy (non-hydrogen) atoms.